The molecule has 20 heavy (non-hydrogen) atoms. The number of hydrogen-bond donors (Lipinski definition) is 0. The molecule has 1 unspecified atom stereocenters. The van der Waals surface area contributed by atoms with Gasteiger partial charge in [-0.1, -0.05) is 30.3 Å². The molecule has 0 N–H and O–H groups in total. The van der Waals surface area contributed by atoms with E-state index >= 15 is 0 Å². The second kappa shape index (κ2) is 5.80. The molecule has 0 aliphatic carbocycles. The smallest absolute Gasteiger partial charge is 0.264 e. The van der Waals surface area contributed by atoms with Crippen LogP contribution < -0.4 is 0 Å². The van der Waals surface area contributed by atoms with E-state index in [9.17, 15) is 4.79 Å². The minimum absolute atomic E-state index is 0.210. The Hall–Kier alpha value is -1.61. The van der Waals surface area contributed by atoms with Gasteiger partial charge in [-0.05, 0) is 43.9 Å². The molecular weight excluding hydrogens is 266 g/mol. The highest BCUT2D eigenvalue weighted by Crippen LogP contribution is 2.25. The second-order valence-electron chi connectivity index (χ2n) is 5.39. The van der Waals surface area contributed by atoms with Gasteiger partial charge in [-0.3, -0.25) is 4.79 Å². The Morgan fingerprint density at radius 2 is 2.05 bits per heavy atom. The first-order valence-electron chi connectivity index (χ1n) is 7.15. The molecule has 2 nitrogen and oxygen atoms in total. The number of benzene rings is 1. The van der Waals surface area contributed by atoms with E-state index < -0.39 is 0 Å². The molecule has 1 amide bonds. The highest BCUT2D eigenvalue weighted by Gasteiger charge is 2.29. The summed E-state index contributed by atoms with van der Waals surface area (Å²) in [6.07, 6.45) is 3.20. The van der Waals surface area contributed by atoms with E-state index in [0.717, 1.165) is 30.7 Å². The first-order chi connectivity index (χ1) is 9.74. The van der Waals surface area contributed by atoms with Crippen LogP contribution in [0.15, 0.2) is 42.5 Å². The Morgan fingerprint density at radius 3 is 2.75 bits per heavy atom. The maximum Gasteiger partial charge on any atom is 0.264 e. The highest BCUT2D eigenvalue weighted by atomic mass is 32.1. The third-order valence-corrected chi connectivity index (χ3v) is 4.89. The number of amides is 1. The number of nitrogens with zero attached hydrogens (tertiary/aromatic N) is 1. The van der Waals surface area contributed by atoms with E-state index in [4.69, 9.17) is 0 Å². The van der Waals surface area contributed by atoms with E-state index in [-0.39, 0.29) is 5.91 Å². The van der Waals surface area contributed by atoms with Crippen molar-refractivity contribution in [1.82, 2.24) is 4.90 Å². The van der Waals surface area contributed by atoms with Crippen molar-refractivity contribution >= 4 is 17.2 Å². The molecule has 0 bridgehead atoms. The molecule has 0 radical (unpaired) electrons. The van der Waals surface area contributed by atoms with E-state index in [1.54, 1.807) is 11.3 Å². The maximum absolute atomic E-state index is 12.6. The summed E-state index contributed by atoms with van der Waals surface area (Å²) in [7, 11) is 0. The number of rotatable bonds is 3. The molecule has 1 aromatic carbocycles. The standard InChI is InChI=1S/C17H19NOS/c1-13-9-10-16(20-13)17(19)18-11-5-8-15(18)12-14-6-3-2-4-7-14/h2-4,6-7,9-10,15H,5,8,11-12H2,1H3. The molecule has 1 aliphatic heterocycles. The van der Waals surface area contributed by atoms with E-state index in [1.807, 2.05) is 25.1 Å². The molecule has 1 atom stereocenters. The maximum atomic E-state index is 12.6. The molecule has 2 heterocycles. The van der Waals surface area contributed by atoms with Gasteiger partial charge in [0.05, 0.1) is 4.88 Å². The molecule has 1 aromatic heterocycles. The fourth-order valence-corrected chi connectivity index (χ4v) is 3.72. The first kappa shape index (κ1) is 13.4. The predicted octanol–water partition coefficient (Wildman–Crippen LogP) is 3.90. The number of carbonyl (C=O) groups excluding carboxylic acids is 1. The molecule has 3 rings (SSSR count). The quantitative estimate of drug-likeness (QED) is 0.837. The van der Waals surface area contributed by atoms with Crippen LogP contribution in [0.25, 0.3) is 0 Å². The van der Waals surface area contributed by atoms with Crippen molar-refractivity contribution in [3.8, 4) is 0 Å². The van der Waals surface area contributed by atoms with Gasteiger partial charge in [-0.2, -0.15) is 0 Å². The lowest BCUT2D eigenvalue weighted by Crippen LogP contribution is -2.36. The second-order valence-corrected chi connectivity index (χ2v) is 6.68. The Kier molecular flexibility index (Phi) is 3.88. The summed E-state index contributed by atoms with van der Waals surface area (Å²) in [4.78, 5) is 16.7. The van der Waals surface area contributed by atoms with Gasteiger partial charge < -0.3 is 4.90 Å². The van der Waals surface area contributed by atoms with Crippen LogP contribution in [0.1, 0.15) is 33.0 Å². The summed E-state index contributed by atoms with van der Waals surface area (Å²) >= 11 is 1.60. The Bertz CT molecular complexity index is 590. The van der Waals surface area contributed by atoms with Crippen LogP contribution in [0, 0.1) is 6.92 Å². The van der Waals surface area contributed by atoms with Gasteiger partial charge in [0.1, 0.15) is 0 Å². The zero-order chi connectivity index (χ0) is 13.9. The van der Waals surface area contributed by atoms with Gasteiger partial charge in [0.25, 0.3) is 5.91 Å². The summed E-state index contributed by atoms with van der Waals surface area (Å²) in [6.45, 7) is 2.94. The topological polar surface area (TPSA) is 20.3 Å². The summed E-state index contributed by atoms with van der Waals surface area (Å²) in [5.74, 6) is 0.210. The molecule has 0 saturated carbocycles. The molecular formula is C17H19NOS. The largest absolute Gasteiger partial charge is 0.335 e. The molecule has 1 saturated heterocycles. The molecule has 1 aliphatic rings. The third-order valence-electron chi connectivity index (χ3n) is 3.90. The van der Waals surface area contributed by atoms with Crippen molar-refractivity contribution in [3.05, 3.63) is 57.8 Å². The van der Waals surface area contributed by atoms with Gasteiger partial charge in [0, 0.05) is 17.5 Å². The number of aryl methyl sites for hydroxylation is 1. The lowest BCUT2D eigenvalue weighted by Gasteiger charge is -2.24. The molecule has 0 spiro atoms. The lowest BCUT2D eigenvalue weighted by molar-refractivity contribution is 0.0741. The third kappa shape index (κ3) is 2.78. The first-order valence-corrected chi connectivity index (χ1v) is 7.97. The van der Waals surface area contributed by atoms with Crippen LogP contribution in [0.2, 0.25) is 0 Å². The Balaban J connectivity index is 1.74. The number of carbonyl (C=O) groups is 1. The van der Waals surface area contributed by atoms with Gasteiger partial charge in [-0.25, -0.2) is 0 Å². The Morgan fingerprint density at radius 1 is 1.25 bits per heavy atom. The fraction of sp³-hybridized carbons (Fsp3) is 0.353. The lowest BCUT2D eigenvalue weighted by atomic mass is 10.0. The van der Waals surface area contributed by atoms with Gasteiger partial charge in [-0.15, -0.1) is 11.3 Å². The van der Waals surface area contributed by atoms with Crippen molar-refractivity contribution in [2.24, 2.45) is 0 Å². The summed E-state index contributed by atoms with van der Waals surface area (Å²) in [6, 6.07) is 14.8. The minimum atomic E-state index is 0.210. The SMILES string of the molecule is Cc1ccc(C(=O)N2CCCC2Cc2ccccc2)s1. The predicted molar refractivity (Wildman–Crippen MR) is 83.3 cm³/mol. The number of likely N-dealkylation sites (tertiary alicyclic amines) is 1. The zero-order valence-electron chi connectivity index (χ0n) is 11.7. The van der Waals surface area contributed by atoms with Gasteiger partial charge in [0.15, 0.2) is 0 Å². The van der Waals surface area contributed by atoms with Gasteiger partial charge >= 0.3 is 0 Å². The van der Waals surface area contributed by atoms with Crippen molar-refractivity contribution in [2.75, 3.05) is 6.54 Å². The molecule has 3 heteroatoms. The average molecular weight is 285 g/mol. The van der Waals surface area contributed by atoms with Crippen LogP contribution in [0.5, 0.6) is 0 Å². The molecule has 1 fully saturated rings. The average Bonchev–Trinajstić information content (AvgIpc) is 3.08. The number of thiophene rings is 1. The monoisotopic (exact) mass is 285 g/mol. The zero-order valence-corrected chi connectivity index (χ0v) is 12.5. The van der Waals surface area contributed by atoms with E-state index in [2.05, 4.69) is 29.2 Å². The summed E-state index contributed by atoms with van der Waals surface area (Å²) in [5.41, 5.74) is 1.32. The van der Waals surface area contributed by atoms with Crippen LogP contribution in [0.3, 0.4) is 0 Å². The summed E-state index contributed by atoms with van der Waals surface area (Å²) in [5, 5.41) is 0. The number of hydrogen-bond acceptors (Lipinski definition) is 2. The minimum Gasteiger partial charge on any atom is -0.335 e. The van der Waals surface area contributed by atoms with Crippen LogP contribution in [-0.4, -0.2) is 23.4 Å². The summed E-state index contributed by atoms with van der Waals surface area (Å²) < 4.78 is 0. The fourth-order valence-electron chi connectivity index (χ4n) is 2.89. The van der Waals surface area contributed by atoms with Crippen LogP contribution in [0.4, 0.5) is 0 Å². The normalized spacial score (nSPS) is 18.4. The van der Waals surface area contributed by atoms with E-state index in [0.29, 0.717) is 6.04 Å². The molecule has 104 valence electrons. The van der Waals surface area contributed by atoms with Crippen molar-refractivity contribution < 1.29 is 4.79 Å². The van der Waals surface area contributed by atoms with Crippen LogP contribution in [-0.2, 0) is 6.42 Å². The van der Waals surface area contributed by atoms with Gasteiger partial charge in [0.2, 0.25) is 0 Å². The van der Waals surface area contributed by atoms with Crippen molar-refractivity contribution in [1.29, 1.82) is 0 Å². The molecule has 2 aromatic rings. The van der Waals surface area contributed by atoms with Crippen LogP contribution >= 0.6 is 11.3 Å². The van der Waals surface area contributed by atoms with E-state index in [1.165, 1.54) is 10.4 Å². The van der Waals surface area contributed by atoms with Crippen molar-refractivity contribution in [2.45, 2.75) is 32.2 Å². The van der Waals surface area contributed by atoms with Crippen molar-refractivity contribution in [3.63, 3.8) is 0 Å². The Labute approximate surface area is 124 Å². The highest BCUT2D eigenvalue weighted by molar-refractivity contribution is 7.13.